The maximum atomic E-state index is 9.21. The van der Waals surface area contributed by atoms with Crippen molar-refractivity contribution in [2.24, 2.45) is 0 Å². The summed E-state index contributed by atoms with van der Waals surface area (Å²) in [5.74, 6) is 1.00. The van der Waals surface area contributed by atoms with Crippen molar-refractivity contribution in [1.82, 2.24) is 9.97 Å². The zero-order valence-electron chi connectivity index (χ0n) is 13.0. The third-order valence-corrected chi connectivity index (χ3v) is 3.44. The summed E-state index contributed by atoms with van der Waals surface area (Å²) >= 11 is 0. The van der Waals surface area contributed by atoms with Crippen molar-refractivity contribution in [3.63, 3.8) is 0 Å². The van der Waals surface area contributed by atoms with E-state index in [1.54, 1.807) is 36.5 Å². The van der Waals surface area contributed by atoms with Crippen molar-refractivity contribution >= 4 is 17.3 Å². The van der Waals surface area contributed by atoms with Gasteiger partial charge < -0.3 is 15.8 Å². The lowest BCUT2D eigenvalue weighted by Gasteiger charge is -2.08. The number of nitriles is 1. The van der Waals surface area contributed by atoms with Gasteiger partial charge in [0, 0.05) is 23.1 Å². The Labute approximate surface area is 139 Å². The predicted molar refractivity (Wildman–Crippen MR) is 92.9 cm³/mol. The summed E-state index contributed by atoms with van der Waals surface area (Å²) < 4.78 is 5.16. The molecule has 0 bridgehead atoms. The van der Waals surface area contributed by atoms with Crippen LogP contribution in [0.4, 0.5) is 17.3 Å². The SMILES string of the molecule is COc1ccc(-c2ccnc(Nc3ccc(N)cc3)n2)cc1C#N. The fourth-order valence-corrected chi connectivity index (χ4v) is 2.23. The molecule has 118 valence electrons. The molecule has 0 fully saturated rings. The van der Waals surface area contributed by atoms with Gasteiger partial charge in [-0.25, -0.2) is 9.97 Å². The number of anilines is 3. The maximum absolute atomic E-state index is 9.21. The average Bonchev–Trinajstić information content (AvgIpc) is 2.63. The number of benzene rings is 2. The predicted octanol–water partition coefficient (Wildman–Crippen LogP) is 3.35. The molecule has 2 aromatic carbocycles. The van der Waals surface area contributed by atoms with Crippen LogP contribution in [0.2, 0.25) is 0 Å². The first kappa shape index (κ1) is 15.3. The second-order valence-corrected chi connectivity index (χ2v) is 5.04. The van der Waals surface area contributed by atoms with Gasteiger partial charge in [0.05, 0.1) is 18.4 Å². The van der Waals surface area contributed by atoms with Crippen LogP contribution < -0.4 is 15.8 Å². The van der Waals surface area contributed by atoms with Crippen LogP contribution in [0.1, 0.15) is 5.56 Å². The van der Waals surface area contributed by atoms with Crippen LogP contribution in [0.15, 0.2) is 54.7 Å². The quantitative estimate of drug-likeness (QED) is 0.716. The van der Waals surface area contributed by atoms with Crippen LogP contribution in [0, 0.1) is 11.3 Å². The lowest BCUT2D eigenvalue weighted by Crippen LogP contribution is -1.98. The minimum absolute atomic E-state index is 0.460. The molecular weight excluding hydrogens is 302 g/mol. The first-order valence-corrected chi connectivity index (χ1v) is 7.24. The maximum Gasteiger partial charge on any atom is 0.227 e. The van der Waals surface area contributed by atoms with Crippen LogP contribution >= 0.6 is 0 Å². The smallest absolute Gasteiger partial charge is 0.227 e. The molecule has 1 heterocycles. The van der Waals surface area contributed by atoms with E-state index >= 15 is 0 Å². The van der Waals surface area contributed by atoms with Gasteiger partial charge in [-0.3, -0.25) is 0 Å². The lowest BCUT2D eigenvalue weighted by molar-refractivity contribution is 0.413. The fourth-order valence-electron chi connectivity index (χ4n) is 2.23. The first-order valence-electron chi connectivity index (χ1n) is 7.24. The Hall–Kier alpha value is -3.59. The molecule has 0 radical (unpaired) electrons. The van der Waals surface area contributed by atoms with E-state index in [0.717, 1.165) is 11.3 Å². The van der Waals surface area contributed by atoms with Crippen molar-refractivity contribution < 1.29 is 4.74 Å². The van der Waals surface area contributed by atoms with E-state index in [9.17, 15) is 5.26 Å². The minimum Gasteiger partial charge on any atom is -0.495 e. The number of nitrogens with one attached hydrogen (secondary N) is 1. The topological polar surface area (TPSA) is 96.8 Å². The van der Waals surface area contributed by atoms with E-state index in [1.165, 1.54) is 7.11 Å². The highest BCUT2D eigenvalue weighted by molar-refractivity contribution is 5.66. The third-order valence-electron chi connectivity index (χ3n) is 3.44. The van der Waals surface area contributed by atoms with Crippen molar-refractivity contribution in [2.45, 2.75) is 0 Å². The molecule has 0 aliphatic rings. The van der Waals surface area contributed by atoms with Gasteiger partial charge in [-0.15, -0.1) is 0 Å². The Kier molecular flexibility index (Phi) is 4.25. The van der Waals surface area contributed by atoms with Crippen molar-refractivity contribution in [2.75, 3.05) is 18.2 Å². The number of ether oxygens (including phenoxy) is 1. The summed E-state index contributed by atoms with van der Waals surface area (Å²) in [4.78, 5) is 8.70. The largest absolute Gasteiger partial charge is 0.495 e. The van der Waals surface area contributed by atoms with Gasteiger partial charge in [0.1, 0.15) is 11.8 Å². The van der Waals surface area contributed by atoms with E-state index in [-0.39, 0.29) is 0 Å². The molecule has 0 aliphatic heterocycles. The van der Waals surface area contributed by atoms with Crippen LogP contribution in [0.3, 0.4) is 0 Å². The highest BCUT2D eigenvalue weighted by Crippen LogP contribution is 2.25. The summed E-state index contributed by atoms with van der Waals surface area (Å²) in [6.45, 7) is 0. The van der Waals surface area contributed by atoms with Crippen LogP contribution in [-0.4, -0.2) is 17.1 Å². The Bertz CT molecular complexity index is 900. The summed E-state index contributed by atoms with van der Waals surface area (Å²) in [7, 11) is 1.54. The van der Waals surface area contributed by atoms with Gasteiger partial charge in [0.25, 0.3) is 0 Å². The second kappa shape index (κ2) is 6.67. The summed E-state index contributed by atoms with van der Waals surface area (Å²) in [5.41, 5.74) is 9.19. The average molecular weight is 317 g/mol. The number of nitrogen functional groups attached to an aromatic ring is 1. The molecule has 6 heteroatoms. The van der Waals surface area contributed by atoms with Crippen LogP contribution in [0.25, 0.3) is 11.3 Å². The van der Waals surface area contributed by atoms with Gasteiger partial charge in [-0.2, -0.15) is 5.26 Å². The standard InChI is InChI=1S/C18H15N5O/c1-24-17-7-2-12(10-13(17)11-19)16-8-9-21-18(23-16)22-15-5-3-14(20)4-6-15/h2-10H,20H2,1H3,(H,21,22,23). The zero-order valence-corrected chi connectivity index (χ0v) is 13.0. The molecule has 3 rings (SSSR count). The number of nitrogens with zero attached hydrogens (tertiary/aromatic N) is 3. The number of methoxy groups -OCH3 is 1. The molecule has 3 N–H and O–H groups in total. The fraction of sp³-hybridized carbons (Fsp3) is 0.0556. The number of rotatable bonds is 4. The molecule has 1 aromatic heterocycles. The Balaban J connectivity index is 1.90. The first-order chi connectivity index (χ1) is 11.7. The molecule has 3 aromatic rings. The zero-order chi connectivity index (χ0) is 16.9. The van der Waals surface area contributed by atoms with E-state index in [4.69, 9.17) is 10.5 Å². The van der Waals surface area contributed by atoms with Crippen molar-refractivity contribution in [3.05, 3.63) is 60.3 Å². The van der Waals surface area contributed by atoms with Gasteiger partial charge in [0.2, 0.25) is 5.95 Å². The van der Waals surface area contributed by atoms with Gasteiger partial charge in [-0.1, -0.05) is 0 Å². The second-order valence-electron chi connectivity index (χ2n) is 5.04. The summed E-state index contributed by atoms with van der Waals surface area (Å²) in [6, 6.07) is 16.6. The molecule has 0 unspecified atom stereocenters. The lowest BCUT2D eigenvalue weighted by atomic mass is 10.1. The van der Waals surface area contributed by atoms with Gasteiger partial charge in [-0.05, 0) is 48.5 Å². The number of aromatic nitrogens is 2. The molecule has 0 amide bonds. The molecule has 0 saturated carbocycles. The van der Waals surface area contributed by atoms with Crippen molar-refractivity contribution in [1.29, 1.82) is 5.26 Å². The highest BCUT2D eigenvalue weighted by atomic mass is 16.5. The molecule has 0 atom stereocenters. The number of nitrogens with two attached hydrogens (primary N) is 1. The molecule has 0 aliphatic carbocycles. The van der Waals surface area contributed by atoms with Crippen molar-refractivity contribution in [3.8, 4) is 23.1 Å². The van der Waals surface area contributed by atoms with E-state index in [1.807, 2.05) is 18.2 Å². The van der Waals surface area contributed by atoms with E-state index in [0.29, 0.717) is 28.6 Å². The van der Waals surface area contributed by atoms with Gasteiger partial charge >= 0.3 is 0 Å². The highest BCUT2D eigenvalue weighted by Gasteiger charge is 2.07. The third kappa shape index (κ3) is 3.25. The number of hydrogen-bond donors (Lipinski definition) is 2. The normalized spacial score (nSPS) is 10.0. The summed E-state index contributed by atoms with van der Waals surface area (Å²) in [6.07, 6.45) is 1.66. The monoisotopic (exact) mass is 317 g/mol. The Morgan fingerprint density at radius 1 is 1.12 bits per heavy atom. The molecule has 6 nitrogen and oxygen atoms in total. The molecule has 0 saturated heterocycles. The summed E-state index contributed by atoms with van der Waals surface area (Å²) in [5, 5.41) is 12.3. The Morgan fingerprint density at radius 2 is 1.92 bits per heavy atom. The van der Waals surface area contributed by atoms with E-state index in [2.05, 4.69) is 21.4 Å². The molecular formula is C18H15N5O. The number of hydrogen-bond acceptors (Lipinski definition) is 6. The minimum atomic E-state index is 0.460. The van der Waals surface area contributed by atoms with Crippen LogP contribution in [-0.2, 0) is 0 Å². The molecule has 24 heavy (non-hydrogen) atoms. The van der Waals surface area contributed by atoms with Crippen LogP contribution in [0.5, 0.6) is 5.75 Å². The van der Waals surface area contributed by atoms with E-state index < -0.39 is 0 Å². The Morgan fingerprint density at radius 3 is 2.62 bits per heavy atom. The van der Waals surface area contributed by atoms with Gasteiger partial charge in [0.15, 0.2) is 0 Å². The molecule has 0 spiro atoms.